The molecule has 0 saturated carbocycles. The molecule has 0 aromatic heterocycles. The molecule has 2 aromatic carbocycles. The van der Waals surface area contributed by atoms with Crippen molar-refractivity contribution in [1.29, 1.82) is 0 Å². The first kappa shape index (κ1) is 20.8. The van der Waals surface area contributed by atoms with Gasteiger partial charge in [-0.05, 0) is 55.2 Å². The topological polar surface area (TPSA) is 86.7 Å². The molecule has 0 radical (unpaired) electrons. The van der Waals surface area contributed by atoms with Crippen LogP contribution in [0, 0.1) is 5.92 Å². The van der Waals surface area contributed by atoms with E-state index in [1.807, 2.05) is 0 Å². The van der Waals surface area contributed by atoms with Crippen LogP contribution in [-0.4, -0.2) is 32.6 Å². The molecule has 28 heavy (non-hydrogen) atoms. The third kappa shape index (κ3) is 4.54. The third-order valence-electron chi connectivity index (χ3n) is 4.81. The summed E-state index contributed by atoms with van der Waals surface area (Å²) in [6.45, 7) is 3.73. The Labute approximate surface area is 174 Å². The summed E-state index contributed by atoms with van der Waals surface area (Å²) in [5.74, 6) is -0.528. The number of nitrogens with one attached hydrogen (secondary N) is 1. The number of hydrogen-bond donors (Lipinski definition) is 2. The first-order chi connectivity index (χ1) is 13.2. The van der Waals surface area contributed by atoms with Gasteiger partial charge in [-0.2, -0.15) is 0 Å². The van der Waals surface area contributed by atoms with Crippen LogP contribution < -0.4 is 9.62 Å². The number of nitrogens with zero attached hydrogens (tertiary/aromatic N) is 1. The first-order valence-electron chi connectivity index (χ1n) is 8.77. The second-order valence-electron chi connectivity index (χ2n) is 6.89. The predicted molar refractivity (Wildman–Crippen MR) is 111 cm³/mol. The van der Waals surface area contributed by atoms with Crippen LogP contribution in [0.25, 0.3) is 0 Å². The Morgan fingerprint density at radius 2 is 1.79 bits per heavy atom. The molecule has 0 bridgehead atoms. The van der Waals surface area contributed by atoms with Gasteiger partial charge in [-0.25, -0.2) is 13.2 Å². The van der Waals surface area contributed by atoms with Crippen LogP contribution in [0.3, 0.4) is 0 Å². The lowest BCUT2D eigenvalue weighted by molar-refractivity contribution is 0.0697. The van der Waals surface area contributed by atoms with Crippen LogP contribution in [0.4, 0.5) is 11.4 Å². The van der Waals surface area contributed by atoms with Crippen molar-refractivity contribution in [2.75, 3.05) is 22.7 Å². The lowest BCUT2D eigenvalue weighted by Gasteiger charge is -2.33. The van der Waals surface area contributed by atoms with E-state index in [4.69, 9.17) is 23.2 Å². The molecule has 2 N–H and O–H groups in total. The van der Waals surface area contributed by atoms with E-state index < -0.39 is 16.0 Å². The summed E-state index contributed by atoms with van der Waals surface area (Å²) in [4.78, 5) is 13.4. The highest BCUT2D eigenvalue weighted by atomic mass is 35.5. The van der Waals surface area contributed by atoms with Crippen molar-refractivity contribution in [2.24, 2.45) is 5.92 Å². The molecule has 2 aromatic rings. The van der Waals surface area contributed by atoms with Gasteiger partial charge >= 0.3 is 5.97 Å². The van der Waals surface area contributed by atoms with Crippen LogP contribution in [0.15, 0.2) is 41.3 Å². The number of halogens is 2. The lowest BCUT2D eigenvalue weighted by atomic mass is 9.98. The van der Waals surface area contributed by atoms with Gasteiger partial charge < -0.3 is 10.0 Å². The van der Waals surface area contributed by atoms with E-state index in [2.05, 4.69) is 16.5 Å². The Balaban J connectivity index is 1.99. The van der Waals surface area contributed by atoms with Gasteiger partial charge in [0.25, 0.3) is 10.0 Å². The summed E-state index contributed by atoms with van der Waals surface area (Å²) in [6.07, 6.45) is 1.97. The molecule has 0 aliphatic carbocycles. The number of piperidine rings is 1. The highest BCUT2D eigenvalue weighted by Gasteiger charge is 2.23. The van der Waals surface area contributed by atoms with Crippen molar-refractivity contribution in [3.8, 4) is 0 Å². The van der Waals surface area contributed by atoms with Crippen LogP contribution in [-0.2, 0) is 10.0 Å². The average Bonchev–Trinajstić information content (AvgIpc) is 2.64. The average molecular weight is 443 g/mol. The second kappa shape index (κ2) is 8.19. The molecule has 1 saturated heterocycles. The maximum Gasteiger partial charge on any atom is 0.335 e. The SMILES string of the molecule is CC1CCN(c2ccc(C(=O)O)cc2NS(=O)(=O)c2ccc(Cl)c(Cl)c2)CC1. The van der Waals surface area contributed by atoms with Gasteiger partial charge in [0.2, 0.25) is 0 Å². The molecule has 1 aliphatic rings. The Hall–Kier alpha value is -1.96. The van der Waals surface area contributed by atoms with Crippen molar-refractivity contribution < 1.29 is 18.3 Å². The van der Waals surface area contributed by atoms with Crippen molar-refractivity contribution in [3.05, 3.63) is 52.0 Å². The summed E-state index contributed by atoms with van der Waals surface area (Å²) >= 11 is 11.8. The van der Waals surface area contributed by atoms with Crippen LogP contribution >= 0.6 is 23.2 Å². The Kier molecular flexibility index (Phi) is 6.07. The predicted octanol–water partition coefficient (Wildman–Crippen LogP) is 4.73. The van der Waals surface area contributed by atoms with E-state index >= 15 is 0 Å². The van der Waals surface area contributed by atoms with E-state index in [1.54, 1.807) is 6.07 Å². The number of aromatic carboxylic acids is 1. The van der Waals surface area contributed by atoms with Gasteiger partial charge in [-0.3, -0.25) is 4.72 Å². The van der Waals surface area contributed by atoms with Gasteiger partial charge in [0.15, 0.2) is 0 Å². The van der Waals surface area contributed by atoms with E-state index in [0.717, 1.165) is 25.9 Å². The molecule has 150 valence electrons. The summed E-state index contributed by atoms with van der Waals surface area (Å²) in [7, 11) is -3.98. The Bertz CT molecular complexity index is 1000. The number of benzene rings is 2. The summed E-state index contributed by atoms with van der Waals surface area (Å²) in [5, 5.41) is 9.67. The molecule has 1 heterocycles. The third-order valence-corrected chi connectivity index (χ3v) is 6.92. The fourth-order valence-electron chi connectivity index (χ4n) is 3.12. The molecule has 9 heteroatoms. The zero-order valence-corrected chi connectivity index (χ0v) is 17.5. The molecular formula is C19H20Cl2N2O4S. The molecule has 3 rings (SSSR count). The van der Waals surface area contributed by atoms with Gasteiger partial charge in [-0.15, -0.1) is 0 Å². The van der Waals surface area contributed by atoms with E-state index in [0.29, 0.717) is 11.6 Å². The number of carboxylic acids is 1. The van der Waals surface area contributed by atoms with Gasteiger partial charge in [0.05, 0.1) is 31.9 Å². The summed E-state index contributed by atoms with van der Waals surface area (Å²) in [6, 6.07) is 8.47. The lowest BCUT2D eigenvalue weighted by Crippen LogP contribution is -2.33. The van der Waals surface area contributed by atoms with Gasteiger partial charge in [0, 0.05) is 13.1 Å². The van der Waals surface area contributed by atoms with E-state index in [-0.39, 0.29) is 26.2 Å². The molecule has 6 nitrogen and oxygen atoms in total. The zero-order valence-electron chi connectivity index (χ0n) is 15.2. The fourth-order valence-corrected chi connectivity index (χ4v) is 4.58. The fraction of sp³-hybridized carbons (Fsp3) is 0.316. The Morgan fingerprint density at radius 3 is 2.39 bits per heavy atom. The molecular weight excluding hydrogens is 423 g/mol. The molecule has 0 spiro atoms. The normalized spacial score (nSPS) is 15.5. The quantitative estimate of drug-likeness (QED) is 0.698. The minimum atomic E-state index is -3.98. The summed E-state index contributed by atoms with van der Waals surface area (Å²) < 4.78 is 28.2. The summed E-state index contributed by atoms with van der Waals surface area (Å²) in [5.41, 5.74) is 0.877. The molecule has 0 unspecified atom stereocenters. The van der Waals surface area contributed by atoms with Crippen molar-refractivity contribution in [1.82, 2.24) is 0 Å². The number of hydrogen-bond acceptors (Lipinski definition) is 4. The molecule has 0 amide bonds. The first-order valence-corrected chi connectivity index (χ1v) is 11.0. The highest BCUT2D eigenvalue weighted by Crippen LogP contribution is 2.33. The maximum absolute atomic E-state index is 12.9. The van der Waals surface area contributed by atoms with Crippen molar-refractivity contribution in [3.63, 3.8) is 0 Å². The van der Waals surface area contributed by atoms with Crippen LogP contribution in [0.5, 0.6) is 0 Å². The second-order valence-corrected chi connectivity index (χ2v) is 9.38. The number of anilines is 2. The van der Waals surface area contributed by atoms with Gasteiger partial charge in [0.1, 0.15) is 0 Å². The smallest absolute Gasteiger partial charge is 0.335 e. The zero-order chi connectivity index (χ0) is 20.5. The van der Waals surface area contributed by atoms with Crippen molar-refractivity contribution in [2.45, 2.75) is 24.7 Å². The number of carbonyl (C=O) groups is 1. The van der Waals surface area contributed by atoms with Crippen LogP contribution in [0.2, 0.25) is 10.0 Å². The highest BCUT2D eigenvalue weighted by molar-refractivity contribution is 7.92. The van der Waals surface area contributed by atoms with Crippen molar-refractivity contribution >= 4 is 50.6 Å². The van der Waals surface area contributed by atoms with Crippen LogP contribution in [0.1, 0.15) is 30.1 Å². The number of sulfonamides is 1. The number of carboxylic acid groups (broad SMARTS) is 1. The number of rotatable bonds is 5. The molecule has 0 atom stereocenters. The standard InChI is InChI=1S/C19H20Cl2N2O4S/c1-12-6-8-23(9-7-12)18-5-2-13(19(24)25)10-17(18)22-28(26,27)14-3-4-15(20)16(21)11-14/h2-5,10-12,22H,6-9H2,1H3,(H,24,25). The van der Waals surface area contributed by atoms with E-state index in [9.17, 15) is 18.3 Å². The minimum Gasteiger partial charge on any atom is -0.478 e. The maximum atomic E-state index is 12.9. The largest absolute Gasteiger partial charge is 0.478 e. The minimum absolute atomic E-state index is 0.000894. The molecule has 1 fully saturated rings. The molecule has 1 aliphatic heterocycles. The van der Waals surface area contributed by atoms with E-state index in [1.165, 1.54) is 30.3 Å². The Morgan fingerprint density at radius 1 is 1.11 bits per heavy atom. The van der Waals surface area contributed by atoms with Gasteiger partial charge in [-0.1, -0.05) is 30.1 Å². The monoisotopic (exact) mass is 442 g/mol.